The van der Waals surface area contributed by atoms with E-state index in [2.05, 4.69) is 45.1 Å². The van der Waals surface area contributed by atoms with Crippen LogP contribution in [-0.4, -0.2) is 49.1 Å². The molecule has 1 saturated heterocycles. The van der Waals surface area contributed by atoms with Crippen LogP contribution in [0.5, 0.6) is 5.75 Å². The highest BCUT2D eigenvalue weighted by Crippen LogP contribution is 2.17. The van der Waals surface area contributed by atoms with Crippen LogP contribution in [0.4, 0.5) is 10.5 Å². The molecular formula is C23H30N4O3. The molecule has 3 N–H and O–H groups in total. The fourth-order valence-corrected chi connectivity index (χ4v) is 3.53. The van der Waals surface area contributed by atoms with Gasteiger partial charge in [0, 0.05) is 37.4 Å². The minimum absolute atomic E-state index is 0.134. The van der Waals surface area contributed by atoms with Crippen molar-refractivity contribution in [1.29, 1.82) is 0 Å². The molecule has 0 bridgehead atoms. The summed E-state index contributed by atoms with van der Waals surface area (Å²) in [7, 11) is 1.57. The van der Waals surface area contributed by atoms with Crippen LogP contribution in [-0.2, 0) is 11.3 Å². The topological polar surface area (TPSA) is 82.7 Å². The second kappa shape index (κ2) is 10.6. The number of carbonyl (C=O) groups is 2. The normalized spacial score (nSPS) is 15.8. The van der Waals surface area contributed by atoms with Gasteiger partial charge in [-0.25, -0.2) is 4.79 Å². The maximum atomic E-state index is 12.5. The van der Waals surface area contributed by atoms with Crippen molar-refractivity contribution < 1.29 is 14.3 Å². The average Bonchev–Trinajstić information content (AvgIpc) is 2.76. The third-order valence-electron chi connectivity index (χ3n) is 5.25. The Balaban J connectivity index is 1.39. The van der Waals surface area contributed by atoms with Crippen molar-refractivity contribution in [1.82, 2.24) is 15.5 Å². The van der Waals surface area contributed by atoms with Gasteiger partial charge in [0.1, 0.15) is 11.8 Å². The number of amides is 3. The summed E-state index contributed by atoms with van der Waals surface area (Å²) in [6, 6.07) is 16.6. The molecule has 2 aromatic rings. The summed E-state index contributed by atoms with van der Waals surface area (Å²) >= 11 is 0. The maximum Gasteiger partial charge on any atom is 0.319 e. The quantitative estimate of drug-likeness (QED) is 0.655. The van der Waals surface area contributed by atoms with Gasteiger partial charge in [0.2, 0.25) is 5.91 Å². The molecule has 1 atom stereocenters. The summed E-state index contributed by atoms with van der Waals surface area (Å²) in [6.07, 6.45) is 1.81. The molecule has 2 aromatic carbocycles. The summed E-state index contributed by atoms with van der Waals surface area (Å²) in [5.74, 6) is 0.481. The fraction of sp³-hybridized carbons (Fsp3) is 0.391. The summed E-state index contributed by atoms with van der Waals surface area (Å²) < 4.78 is 5.14. The highest BCUT2D eigenvalue weighted by atomic mass is 16.5. The third kappa shape index (κ3) is 6.49. The minimum Gasteiger partial charge on any atom is -0.497 e. The molecule has 160 valence electrons. The van der Waals surface area contributed by atoms with E-state index in [0.717, 1.165) is 32.5 Å². The van der Waals surface area contributed by atoms with Crippen LogP contribution in [0.15, 0.2) is 54.6 Å². The van der Waals surface area contributed by atoms with Crippen molar-refractivity contribution in [3.63, 3.8) is 0 Å². The van der Waals surface area contributed by atoms with E-state index in [1.807, 2.05) is 6.07 Å². The van der Waals surface area contributed by atoms with Crippen LogP contribution in [0.1, 0.15) is 25.3 Å². The molecule has 0 aromatic heterocycles. The molecule has 0 aliphatic carbocycles. The predicted octanol–water partition coefficient (Wildman–Crippen LogP) is 2.99. The van der Waals surface area contributed by atoms with Crippen LogP contribution in [0, 0.1) is 0 Å². The standard InChI is InChI=1S/C23H30N4O3/c1-17(24-23(29)26-20-9-6-10-21(15-20)30-2)22(28)25-19-11-13-27(14-12-19)16-18-7-4-3-5-8-18/h3-10,15,17,19H,11-14,16H2,1-2H3,(H,25,28)(H2,24,26,29). The molecule has 7 heteroatoms. The van der Waals surface area contributed by atoms with Gasteiger partial charge in [-0.15, -0.1) is 0 Å². The third-order valence-corrected chi connectivity index (χ3v) is 5.25. The number of ether oxygens (including phenoxy) is 1. The zero-order valence-corrected chi connectivity index (χ0v) is 17.6. The van der Waals surface area contributed by atoms with Crippen molar-refractivity contribution in [2.24, 2.45) is 0 Å². The van der Waals surface area contributed by atoms with Crippen molar-refractivity contribution >= 4 is 17.6 Å². The predicted molar refractivity (Wildman–Crippen MR) is 117 cm³/mol. The number of piperidine rings is 1. The van der Waals surface area contributed by atoms with Crippen LogP contribution in [0.3, 0.4) is 0 Å². The SMILES string of the molecule is COc1cccc(NC(=O)NC(C)C(=O)NC2CCN(Cc3ccccc3)CC2)c1. The van der Waals surface area contributed by atoms with Gasteiger partial charge in [-0.1, -0.05) is 36.4 Å². The van der Waals surface area contributed by atoms with Crippen LogP contribution >= 0.6 is 0 Å². The highest BCUT2D eigenvalue weighted by molar-refractivity contribution is 5.93. The molecule has 1 heterocycles. The molecule has 1 fully saturated rings. The Morgan fingerprint density at radius 2 is 1.83 bits per heavy atom. The zero-order chi connectivity index (χ0) is 21.3. The first kappa shape index (κ1) is 21.6. The van der Waals surface area contributed by atoms with E-state index in [9.17, 15) is 9.59 Å². The van der Waals surface area contributed by atoms with E-state index in [4.69, 9.17) is 4.74 Å². The Hall–Kier alpha value is -3.06. The largest absolute Gasteiger partial charge is 0.497 e. The molecule has 30 heavy (non-hydrogen) atoms. The van der Waals surface area contributed by atoms with Crippen LogP contribution < -0.4 is 20.7 Å². The molecule has 1 aliphatic rings. The monoisotopic (exact) mass is 410 g/mol. The smallest absolute Gasteiger partial charge is 0.319 e. The Labute approximate surface area is 177 Å². The lowest BCUT2D eigenvalue weighted by molar-refractivity contribution is -0.123. The summed E-state index contributed by atoms with van der Waals surface area (Å²) in [5.41, 5.74) is 1.91. The fourth-order valence-electron chi connectivity index (χ4n) is 3.53. The molecule has 1 unspecified atom stereocenters. The van der Waals surface area contributed by atoms with Crippen molar-refractivity contribution in [2.45, 2.75) is 38.4 Å². The van der Waals surface area contributed by atoms with Crippen molar-refractivity contribution in [3.05, 3.63) is 60.2 Å². The van der Waals surface area contributed by atoms with E-state index in [0.29, 0.717) is 11.4 Å². The molecule has 3 rings (SSSR count). The molecule has 7 nitrogen and oxygen atoms in total. The maximum absolute atomic E-state index is 12.5. The molecule has 1 aliphatic heterocycles. The van der Waals surface area contributed by atoms with Crippen LogP contribution in [0.25, 0.3) is 0 Å². The van der Waals surface area contributed by atoms with Gasteiger partial charge in [-0.05, 0) is 37.5 Å². The van der Waals surface area contributed by atoms with Gasteiger partial charge >= 0.3 is 6.03 Å². The Bertz CT molecular complexity index is 835. The lowest BCUT2D eigenvalue weighted by Gasteiger charge is -2.33. The number of anilines is 1. The van der Waals surface area contributed by atoms with Gasteiger partial charge in [-0.3, -0.25) is 9.69 Å². The van der Waals surface area contributed by atoms with Gasteiger partial charge in [0.25, 0.3) is 0 Å². The number of likely N-dealkylation sites (tertiary alicyclic amines) is 1. The minimum atomic E-state index is -0.627. The second-order valence-electron chi connectivity index (χ2n) is 7.60. The number of carbonyl (C=O) groups excluding carboxylic acids is 2. The van der Waals surface area contributed by atoms with E-state index < -0.39 is 12.1 Å². The number of hydrogen-bond acceptors (Lipinski definition) is 4. The first-order chi connectivity index (χ1) is 14.5. The number of hydrogen-bond donors (Lipinski definition) is 3. The number of benzene rings is 2. The molecule has 0 radical (unpaired) electrons. The van der Waals surface area contributed by atoms with Gasteiger partial charge in [-0.2, -0.15) is 0 Å². The van der Waals surface area contributed by atoms with Gasteiger partial charge in [0.15, 0.2) is 0 Å². The molecule has 3 amide bonds. The van der Waals surface area contributed by atoms with Crippen LogP contribution in [0.2, 0.25) is 0 Å². The zero-order valence-electron chi connectivity index (χ0n) is 17.6. The van der Waals surface area contributed by atoms with E-state index in [1.165, 1.54) is 5.56 Å². The molecular weight excluding hydrogens is 380 g/mol. The van der Waals surface area contributed by atoms with Crippen molar-refractivity contribution in [3.8, 4) is 5.75 Å². The Kier molecular flexibility index (Phi) is 7.68. The lowest BCUT2D eigenvalue weighted by Crippen LogP contribution is -2.51. The lowest BCUT2D eigenvalue weighted by atomic mass is 10.0. The van der Waals surface area contributed by atoms with Gasteiger partial charge < -0.3 is 20.7 Å². The number of methoxy groups -OCH3 is 1. The summed E-state index contributed by atoms with van der Waals surface area (Å²) in [6.45, 7) is 4.50. The number of urea groups is 1. The van der Waals surface area contributed by atoms with Crippen molar-refractivity contribution in [2.75, 3.05) is 25.5 Å². The Morgan fingerprint density at radius 3 is 2.53 bits per heavy atom. The number of nitrogens with zero attached hydrogens (tertiary/aromatic N) is 1. The second-order valence-corrected chi connectivity index (χ2v) is 7.60. The van der Waals surface area contributed by atoms with E-state index in [1.54, 1.807) is 38.3 Å². The molecule has 0 saturated carbocycles. The van der Waals surface area contributed by atoms with Gasteiger partial charge in [0.05, 0.1) is 7.11 Å². The highest BCUT2D eigenvalue weighted by Gasteiger charge is 2.23. The number of rotatable bonds is 7. The van der Waals surface area contributed by atoms with E-state index in [-0.39, 0.29) is 11.9 Å². The first-order valence-corrected chi connectivity index (χ1v) is 10.3. The summed E-state index contributed by atoms with van der Waals surface area (Å²) in [5, 5.41) is 8.46. The first-order valence-electron chi connectivity index (χ1n) is 10.3. The summed E-state index contributed by atoms with van der Waals surface area (Å²) in [4.78, 5) is 27.1. The average molecular weight is 411 g/mol. The molecule has 0 spiro atoms. The Morgan fingerprint density at radius 1 is 1.10 bits per heavy atom. The number of nitrogens with one attached hydrogen (secondary N) is 3. The van der Waals surface area contributed by atoms with E-state index >= 15 is 0 Å².